The number of nitriles is 1. The SMILES string of the molecule is N#CN=C(N)N(CCCCCCOc1ccc(Cl)cc1)c1cc[n+](COC(=O)OCCOC2CCNCC2)cc1. The number of unbranched alkanes of at least 4 members (excludes halogenated alkanes) is 3. The Kier molecular flexibility index (Phi) is 13.8. The average Bonchev–Trinajstić information content (AvgIpc) is 2.97. The number of rotatable bonds is 15. The fraction of sp³-hybridized carbons (Fsp3) is 0.500. The molecule has 1 aromatic heterocycles. The Bertz CT molecular complexity index is 1090. The van der Waals surface area contributed by atoms with Crippen molar-refractivity contribution in [3.63, 3.8) is 0 Å². The normalized spacial score (nSPS) is 13.8. The third-order valence-corrected chi connectivity index (χ3v) is 6.51. The Labute approximate surface area is 240 Å². The largest absolute Gasteiger partial charge is 0.513 e. The highest BCUT2D eigenvalue weighted by molar-refractivity contribution is 6.30. The summed E-state index contributed by atoms with van der Waals surface area (Å²) >= 11 is 5.89. The fourth-order valence-corrected chi connectivity index (χ4v) is 4.25. The van der Waals surface area contributed by atoms with E-state index in [0.717, 1.165) is 63.1 Å². The Morgan fingerprint density at radius 1 is 1.05 bits per heavy atom. The van der Waals surface area contributed by atoms with Gasteiger partial charge >= 0.3 is 6.16 Å². The summed E-state index contributed by atoms with van der Waals surface area (Å²) in [6, 6.07) is 11.0. The number of ether oxygens (including phenoxy) is 4. The number of nitrogens with two attached hydrogens (primary N) is 1. The van der Waals surface area contributed by atoms with Crippen molar-refractivity contribution in [3.8, 4) is 11.9 Å². The van der Waals surface area contributed by atoms with Gasteiger partial charge in [0.1, 0.15) is 12.4 Å². The Morgan fingerprint density at radius 3 is 2.50 bits per heavy atom. The van der Waals surface area contributed by atoms with Crippen LogP contribution in [0.15, 0.2) is 53.8 Å². The van der Waals surface area contributed by atoms with Gasteiger partial charge in [0, 0.05) is 23.7 Å². The molecule has 0 spiro atoms. The molecule has 1 aromatic carbocycles. The maximum Gasteiger partial charge on any atom is 0.513 e. The third kappa shape index (κ3) is 11.7. The lowest BCUT2D eigenvalue weighted by molar-refractivity contribution is -0.727. The summed E-state index contributed by atoms with van der Waals surface area (Å²) in [5, 5.41) is 12.9. The molecule has 0 aliphatic carbocycles. The molecular formula is C28H38ClN6O5+. The lowest BCUT2D eigenvalue weighted by atomic mass is 10.1. The standard InChI is InChI=1S/C28H38ClN6O5/c29-23-5-7-25(8-6-23)37-18-4-2-1-3-15-35(27(31)33-21-30)24-11-16-34(17-12-24)22-40-28(36)39-20-19-38-26-9-13-32-14-10-26/h5-8,11-12,16-17,26,32H,1-4,9-10,13-15,18-20,22H2,(H2,31,33)/q+1. The number of halogens is 1. The third-order valence-electron chi connectivity index (χ3n) is 6.26. The molecule has 0 amide bonds. The van der Waals surface area contributed by atoms with Crippen molar-refractivity contribution in [1.82, 2.24) is 5.32 Å². The van der Waals surface area contributed by atoms with Crippen LogP contribution in [-0.2, 0) is 20.9 Å². The molecule has 0 atom stereocenters. The highest BCUT2D eigenvalue weighted by atomic mass is 35.5. The van der Waals surface area contributed by atoms with Crippen LogP contribution in [-0.4, -0.2) is 57.7 Å². The first-order valence-electron chi connectivity index (χ1n) is 13.5. The van der Waals surface area contributed by atoms with Crippen LogP contribution in [0.25, 0.3) is 0 Å². The van der Waals surface area contributed by atoms with Gasteiger partial charge in [-0.25, -0.2) is 4.79 Å². The highest BCUT2D eigenvalue weighted by Crippen LogP contribution is 2.17. The van der Waals surface area contributed by atoms with Crippen LogP contribution >= 0.6 is 11.6 Å². The molecule has 1 fully saturated rings. The van der Waals surface area contributed by atoms with Crippen LogP contribution in [0.5, 0.6) is 5.75 Å². The monoisotopic (exact) mass is 573 g/mol. The zero-order valence-electron chi connectivity index (χ0n) is 22.7. The summed E-state index contributed by atoms with van der Waals surface area (Å²) in [6.45, 7) is 3.61. The second-order valence-electron chi connectivity index (χ2n) is 9.20. The molecule has 11 nitrogen and oxygen atoms in total. The van der Waals surface area contributed by atoms with Crippen molar-refractivity contribution in [2.75, 3.05) is 44.4 Å². The number of anilines is 1. The summed E-state index contributed by atoms with van der Waals surface area (Å²) in [7, 11) is 0. The fourth-order valence-electron chi connectivity index (χ4n) is 4.12. The van der Waals surface area contributed by atoms with Gasteiger partial charge in [-0.3, -0.25) is 0 Å². The van der Waals surface area contributed by atoms with E-state index in [9.17, 15) is 4.79 Å². The number of benzene rings is 1. The first-order chi connectivity index (χ1) is 19.5. The summed E-state index contributed by atoms with van der Waals surface area (Å²) < 4.78 is 23.4. The summed E-state index contributed by atoms with van der Waals surface area (Å²) in [6.07, 6.45) is 10.4. The van der Waals surface area contributed by atoms with Crippen molar-refractivity contribution < 1.29 is 28.3 Å². The summed E-state index contributed by atoms with van der Waals surface area (Å²) in [4.78, 5) is 17.4. The van der Waals surface area contributed by atoms with Gasteiger partial charge in [-0.05, 0) is 63.0 Å². The van der Waals surface area contributed by atoms with Crippen LogP contribution < -0.4 is 25.3 Å². The van der Waals surface area contributed by atoms with Crippen LogP contribution in [0.2, 0.25) is 5.02 Å². The van der Waals surface area contributed by atoms with E-state index < -0.39 is 6.16 Å². The van der Waals surface area contributed by atoms with Crippen LogP contribution in [0.1, 0.15) is 38.5 Å². The van der Waals surface area contributed by atoms with Gasteiger partial charge in [-0.1, -0.05) is 24.4 Å². The topological polar surface area (TPSA) is 135 Å². The van der Waals surface area contributed by atoms with E-state index in [0.29, 0.717) is 24.8 Å². The minimum atomic E-state index is -0.754. The predicted octanol–water partition coefficient (Wildman–Crippen LogP) is 3.75. The number of carbonyl (C=O) groups excluding carboxylic acids is 1. The van der Waals surface area contributed by atoms with Crippen LogP contribution in [0.3, 0.4) is 0 Å². The second-order valence-corrected chi connectivity index (χ2v) is 9.64. The number of guanidine groups is 1. The van der Waals surface area contributed by atoms with Crippen molar-refractivity contribution in [2.45, 2.75) is 51.4 Å². The molecular weight excluding hydrogens is 536 g/mol. The van der Waals surface area contributed by atoms with Gasteiger partial charge in [0.15, 0.2) is 12.4 Å². The van der Waals surface area contributed by atoms with Gasteiger partial charge in [-0.15, -0.1) is 4.99 Å². The van der Waals surface area contributed by atoms with Crippen LogP contribution in [0, 0.1) is 11.5 Å². The molecule has 1 saturated heterocycles. The van der Waals surface area contributed by atoms with Gasteiger partial charge in [0.2, 0.25) is 12.2 Å². The summed E-state index contributed by atoms with van der Waals surface area (Å²) in [5.74, 6) is 0.926. The van der Waals surface area contributed by atoms with Gasteiger partial charge in [-0.2, -0.15) is 9.83 Å². The zero-order chi connectivity index (χ0) is 28.4. The van der Waals surface area contributed by atoms with E-state index in [1.165, 1.54) is 0 Å². The summed E-state index contributed by atoms with van der Waals surface area (Å²) in [5.41, 5.74) is 6.83. The Balaban J connectivity index is 1.35. The van der Waals surface area contributed by atoms with E-state index >= 15 is 0 Å². The Hall–Kier alpha value is -3.59. The smallest absolute Gasteiger partial charge is 0.494 e. The number of aromatic nitrogens is 1. The van der Waals surface area contributed by atoms with Crippen molar-refractivity contribution in [1.29, 1.82) is 5.26 Å². The molecule has 1 aliphatic rings. The van der Waals surface area contributed by atoms with Gasteiger partial charge in [0.05, 0.1) is 25.0 Å². The molecule has 3 rings (SSSR count). The zero-order valence-corrected chi connectivity index (χ0v) is 23.4. The quantitative estimate of drug-likeness (QED) is 0.0815. The van der Waals surface area contributed by atoms with Crippen molar-refractivity contribution >= 4 is 29.4 Å². The number of nitrogens with zero attached hydrogens (tertiary/aromatic N) is 4. The molecule has 0 radical (unpaired) electrons. The highest BCUT2D eigenvalue weighted by Gasteiger charge is 2.15. The minimum Gasteiger partial charge on any atom is -0.494 e. The first-order valence-corrected chi connectivity index (χ1v) is 13.9. The van der Waals surface area contributed by atoms with Crippen molar-refractivity contribution in [3.05, 3.63) is 53.8 Å². The molecule has 2 heterocycles. The van der Waals surface area contributed by atoms with E-state index in [1.807, 2.05) is 24.3 Å². The van der Waals surface area contributed by atoms with Gasteiger partial charge < -0.3 is 34.9 Å². The molecule has 0 saturated carbocycles. The molecule has 1 aliphatic heterocycles. The van der Waals surface area contributed by atoms with E-state index in [1.54, 1.807) is 40.2 Å². The van der Waals surface area contributed by atoms with E-state index in [-0.39, 0.29) is 25.4 Å². The maximum absolute atomic E-state index is 11.9. The number of piperidine rings is 1. The molecule has 40 heavy (non-hydrogen) atoms. The van der Waals surface area contributed by atoms with Crippen LogP contribution in [0.4, 0.5) is 10.5 Å². The second kappa shape index (κ2) is 17.9. The molecule has 0 unspecified atom stereocenters. The first kappa shape index (κ1) is 30.9. The van der Waals surface area contributed by atoms with Crippen molar-refractivity contribution in [2.24, 2.45) is 10.7 Å². The number of hydrogen-bond donors (Lipinski definition) is 2. The number of aliphatic imine (C=N–C) groups is 1. The molecule has 3 N–H and O–H groups in total. The van der Waals surface area contributed by atoms with E-state index in [4.69, 9.17) is 41.5 Å². The Morgan fingerprint density at radius 2 is 1.77 bits per heavy atom. The number of carbonyl (C=O) groups is 1. The number of pyridine rings is 1. The minimum absolute atomic E-state index is 0.00583. The molecule has 2 aromatic rings. The lowest BCUT2D eigenvalue weighted by Crippen LogP contribution is -2.40. The number of hydrogen-bond acceptors (Lipinski definition) is 8. The van der Waals surface area contributed by atoms with E-state index in [2.05, 4.69) is 10.3 Å². The van der Waals surface area contributed by atoms with Gasteiger partial charge in [0.25, 0.3) is 6.73 Å². The average molecular weight is 574 g/mol. The molecule has 0 bridgehead atoms. The lowest BCUT2D eigenvalue weighted by Gasteiger charge is -2.22. The maximum atomic E-state index is 11.9. The molecule has 216 valence electrons. The number of nitrogens with one attached hydrogen (secondary N) is 1. The predicted molar refractivity (Wildman–Crippen MR) is 151 cm³/mol. The molecule has 12 heteroatoms.